The minimum absolute atomic E-state index is 0.0538. The van der Waals surface area contributed by atoms with Crippen LogP contribution < -0.4 is 4.74 Å². The van der Waals surface area contributed by atoms with Crippen LogP contribution >= 0.6 is 11.9 Å². The molecular weight excluding hydrogens is 374 g/mol. The van der Waals surface area contributed by atoms with Crippen LogP contribution in [0.1, 0.15) is 19.8 Å². The first kappa shape index (κ1) is 20.5. The average Bonchev–Trinajstić information content (AvgIpc) is 2.73. The van der Waals surface area contributed by atoms with Crippen molar-refractivity contribution in [1.29, 1.82) is 0 Å². The molecule has 0 saturated heterocycles. The van der Waals surface area contributed by atoms with Gasteiger partial charge in [0, 0.05) is 5.41 Å². The summed E-state index contributed by atoms with van der Waals surface area (Å²) in [7, 11) is -0.601. The lowest BCUT2D eigenvalue weighted by Gasteiger charge is -2.31. The Hall–Kier alpha value is -1.77. The molecule has 142 valence electrons. The van der Waals surface area contributed by atoms with Crippen molar-refractivity contribution in [3.05, 3.63) is 46.7 Å². The Kier molecular flexibility index (Phi) is 6.54. The van der Waals surface area contributed by atoms with E-state index in [1.165, 1.54) is 30.2 Å². The number of quaternary nitrogens is 1. The van der Waals surface area contributed by atoms with Crippen molar-refractivity contribution in [3.8, 4) is 5.75 Å². The highest BCUT2D eigenvalue weighted by Gasteiger charge is 2.45. The van der Waals surface area contributed by atoms with E-state index in [-0.39, 0.29) is 13.7 Å². The summed E-state index contributed by atoms with van der Waals surface area (Å²) < 4.78 is 31.7. The minimum atomic E-state index is -3.95. The molecule has 1 heterocycles. The highest BCUT2D eigenvalue weighted by atomic mass is 32.2. The van der Waals surface area contributed by atoms with E-state index in [2.05, 4.69) is 6.92 Å². The van der Waals surface area contributed by atoms with Crippen molar-refractivity contribution in [2.45, 2.75) is 30.7 Å². The number of benzene rings is 1. The van der Waals surface area contributed by atoms with Crippen LogP contribution in [0.3, 0.4) is 0 Å². The zero-order chi connectivity index (χ0) is 19.4. The number of sulfone groups is 1. The summed E-state index contributed by atoms with van der Waals surface area (Å²) in [5.74, 6) is -0.589. The fourth-order valence-corrected chi connectivity index (χ4v) is 5.13. The van der Waals surface area contributed by atoms with Crippen LogP contribution in [0.5, 0.6) is 5.75 Å². The molecule has 2 rings (SSSR count). The number of hydrogen-bond acceptors (Lipinski definition) is 5. The first-order valence-corrected chi connectivity index (χ1v) is 10.6. The van der Waals surface area contributed by atoms with Crippen molar-refractivity contribution in [1.82, 2.24) is 0 Å². The van der Waals surface area contributed by atoms with Gasteiger partial charge >= 0.3 is 5.97 Å². The molecule has 0 radical (unpaired) electrons. The van der Waals surface area contributed by atoms with Gasteiger partial charge in [0.25, 0.3) is 0 Å². The number of likely N-dealkylation sites (N-methyl/N-ethyl adjacent to an activating group) is 1. The molecule has 1 aromatic carbocycles. The zero-order valence-electron chi connectivity index (χ0n) is 15.1. The summed E-state index contributed by atoms with van der Waals surface area (Å²) in [6, 6.07) is 4.90. The molecule has 0 spiro atoms. The maximum atomic E-state index is 13.1. The van der Waals surface area contributed by atoms with E-state index < -0.39 is 21.8 Å². The Bertz CT molecular complexity index is 810. The van der Waals surface area contributed by atoms with E-state index in [9.17, 15) is 18.3 Å². The lowest BCUT2D eigenvalue weighted by atomic mass is 10.2. The van der Waals surface area contributed by atoms with E-state index in [0.717, 1.165) is 12.8 Å². The molecule has 0 aliphatic carbocycles. The van der Waals surface area contributed by atoms with Crippen LogP contribution in [0.2, 0.25) is 0 Å². The molecule has 1 unspecified atom stereocenters. The third kappa shape index (κ3) is 4.49. The van der Waals surface area contributed by atoms with Gasteiger partial charge in [-0.05, 0) is 42.8 Å². The Morgan fingerprint density at radius 1 is 1.27 bits per heavy atom. The fraction of sp³-hybridized carbons (Fsp3) is 0.389. The second-order valence-corrected chi connectivity index (χ2v) is 9.73. The smallest absolute Gasteiger partial charge is 0.369 e. The summed E-state index contributed by atoms with van der Waals surface area (Å²) in [6.45, 7) is 2.63. The van der Waals surface area contributed by atoms with Crippen LogP contribution in [-0.2, 0) is 14.6 Å². The molecule has 0 amide bonds. The quantitative estimate of drug-likeness (QED) is 0.431. The molecule has 1 aliphatic heterocycles. The van der Waals surface area contributed by atoms with E-state index in [0.29, 0.717) is 12.4 Å². The van der Waals surface area contributed by atoms with Crippen molar-refractivity contribution in [2.24, 2.45) is 0 Å². The largest absolute Gasteiger partial charge is 0.494 e. The van der Waals surface area contributed by atoms with Gasteiger partial charge in [0.15, 0.2) is 0 Å². The van der Waals surface area contributed by atoms with Gasteiger partial charge in [-0.25, -0.2) is 17.1 Å². The van der Waals surface area contributed by atoms with Crippen LogP contribution in [0.4, 0.5) is 0 Å². The van der Waals surface area contributed by atoms with Crippen LogP contribution in [0.15, 0.2) is 51.6 Å². The molecule has 26 heavy (non-hydrogen) atoms. The molecule has 6 nitrogen and oxygen atoms in total. The van der Waals surface area contributed by atoms with Crippen molar-refractivity contribution in [2.75, 3.05) is 20.7 Å². The molecule has 8 heteroatoms. The number of nitrogens with zero attached hydrogens (tertiary/aromatic N) is 1. The Morgan fingerprint density at radius 3 is 2.50 bits per heavy atom. The van der Waals surface area contributed by atoms with E-state index >= 15 is 0 Å². The van der Waals surface area contributed by atoms with E-state index in [1.54, 1.807) is 37.7 Å². The molecule has 1 atom stereocenters. The van der Waals surface area contributed by atoms with E-state index in [4.69, 9.17) is 4.74 Å². The van der Waals surface area contributed by atoms with Crippen LogP contribution in [0.25, 0.3) is 0 Å². The van der Waals surface area contributed by atoms with Gasteiger partial charge in [0.05, 0.1) is 25.6 Å². The molecule has 0 saturated carbocycles. The third-order valence-corrected chi connectivity index (χ3v) is 6.91. The lowest BCUT2D eigenvalue weighted by Crippen LogP contribution is -2.49. The molecule has 1 aromatic rings. The summed E-state index contributed by atoms with van der Waals surface area (Å²) in [4.78, 5) is 11.8. The summed E-state index contributed by atoms with van der Waals surface area (Å²) >= 11 is 1.25. The molecule has 0 aromatic heterocycles. The fourth-order valence-electron chi connectivity index (χ4n) is 2.59. The Morgan fingerprint density at radius 2 is 1.92 bits per heavy atom. The van der Waals surface area contributed by atoms with Crippen LogP contribution in [-0.4, -0.2) is 50.1 Å². The Balaban J connectivity index is 2.37. The van der Waals surface area contributed by atoms with Gasteiger partial charge in [-0.1, -0.05) is 13.3 Å². The van der Waals surface area contributed by atoms with E-state index in [1.807, 2.05) is 0 Å². The maximum absolute atomic E-state index is 13.1. The minimum Gasteiger partial charge on any atom is -0.494 e. The number of carboxylic acids is 1. The average molecular weight is 399 g/mol. The highest BCUT2D eigenvalue weighted by Crippen LogP contribution is 2.35. The normalized spacial score (nSPS) is 19.5. The standard InChI is InChI=1S/C18H23NO5S2/c1-4-5-12-24-14-8-10-15(11-9-14)26(22,23)16-7-6-13-25-19(2,3)17(16)18(20)21/h6-11,13,17H,4-5,12H2,1-3H3/p+1. The number of carboxylic acid groups (broad SMARTS) is 1. The van der Waals surface area contributed by atoms with Gasteiger partial charge in [0.1, 0.15) is 22.6 Å². The van der Waals surface area contributed by atoms with Crippen LogP contribution in [0, 0.1) is 0 Å². The van der Waals surface area contributed by atoms with Gasteiger partial charge in [0.2, 0.25) is 15.9 Å². The van der Waals surface area contributed by atoms with Crippen molar-refractivity contribution in [3.63, 3.8) is 0 Å². The van der Waals surface area contributed by atoms with Gasteiger partial charge in [-0.15, -0.1) is 0 Å². The zero-order valence-corrected chi connectivity index (χ0v) is 16.7. The number of rotatable bonds is 7. The number of unbranched alkanes of at least 4 members (excludes halogenated alkanes) is 1. The first-order chi connectivity index (χ1) is 12.2. The van der Waals surface area contributed by atoms with Gasteiger partial charge < -0.3 is 9.84 Å². The molecule has 0 bridgehead atoms. The number of allylic oxidation sites excluding steroid dienone is 2. The second-order valence-electron chi connectivity index (χ2n) is 6.35. The summed E-state index contributed by atoms with van der Waals surface area (Å²) in [5, 5.41) is 11.4. The second kappa shape index (κ2) is 8.28. The molecule has 0 fully saturated rings. The number of ether oxygens (including phenoxy) is 1. The SMILES string of the molecule is CCCCOc1ccc(S(=O)(=O)C2=CC=CS[N+](C)(C)C2C(=O)O)cc1. The van der Waals surface area contributed by atoms with Gasteiger partial charge in [-0.3, -0.25) is 0 Å². The number of hydrogen-bond donors (Lipinski definition) is 1. The lowest BCUT2D eigenvalue weighted by molar-refractivity contribution is -0.762. The number of carbonyl (C=O) groups is 1. The predicted octanol–water partition coefficient (Wildman–Crippen LogP) is 3.23. The molecule has 1 aliphatic rings. The third-order valence-electron chi connectivity index (χ3n) is 4.01. The summed E-state index contributed by atoms with van der Waals surface area (Å²) in [6.07, 6.45) is 4.88. The molecular formula is C18H24NO5S2+. The molecule has 1 N–H and O–H groups in total. The highest BCUT2D eigenvalue weighted by molar-refractivity contribution is 7.97. The predicted molar refractivity (Wildman–Crippen MR) is 102 cm³/mol. The van der Waals surface area contributed by atoms with Gasteiger partial charge in [-0.2, -0.15) is 0 Å². The maximum Gasteiger partial charge on any atom is 0.369 e. The monoisotopic (exact) mass is 398 g/mol. The number of aliphatic carboxylic acids is 1. The topological polar surface area (TPSA) is 80.7 Å². The summed E-state index contributed by atoms with van der Waals surface area (Å²) in [5.41, 5.74) is 0. The first-order valence-electron chi connectivity index (χ1n) is 8.29. The van der Waals surface area contributed by atoms with Crippen molar-refractivity contribution < 1.29 is 26.9 Å². The Labute approximate surface area is 158 Å². The van der Waals surface area contributed by atoms with Crippen molar-refractivity contribution >= 4 is 27.8 Å².